The van der Waals surface area contributed by atoms with E-state index in [-0.39, 0.29) is 12.6 Å². The molecule has 0 radical (unpaired) electrons. The van der Waals surface area contributed by atoms with Gasteiger partial charge in [-0.05, 0) is 42.5 Å². The number of para-hydroxylation sites is 2. The van der Waals surface area contributed by atoms with Gasteiger partial charge in [0.1, 0.15) is 5.58 Å². The third-order valence-corrected chi connectivity index (χ3v) is 5.37. The topological polar surface area (TPSA) is 78.2 Å². The SMILES string of the molecule is O=C1O[C@@H](c2ccc3c(c2)OCO3)N(C(=O)c2cc3ccccc3o2)c2ccccc21. The maximum Gasteiger partial charge on any atom is 0.342 e. The van der Waals surface area contributed by atoms with Crippen LogP contribution in [0.4, 0.5) is 5.69 Å². The number of ether oxygens (including phenoxy) is 3. The Bertz CT molecular complexity index is 1320. The van der Waals surface area contributed by atoms with E-state index >= 15 is 0 Å². The van der Waals surface area contributed by atoms with Crippen molar-refractivity contribution >= 4 is 28.5 Å². The van der Waals surface area contributed by atoms with E-state index in [0.717, 1.165) is 5.39 Å². The number of benzene rings is 3. The monoisotopic (exact) mass is 413 g/mol. The van der Waals surface area contributed by atoms with Gasteiger partial charge in [-0.1, -0.05) is 30.3 Å². The summed E-state index contributed by atoms with van der Waals surface area (Å²) in [5.74, 6) is 0.357. The summed E-state index contributed by atoms with van der Waals surface area (Å²) in [6.07, 6.45) is -0.988. The van der Waals surface area contributed by atoms with Crippen LogP contribution in [-0.4, -0.2) is 18.7 Å². The zero-order valence-electron chi connectivity index (χ0n) is 16.1. The molecule has 6 rings (SSSR count). The van der Waals surface area contributed by atoms with Gasteiger partial charge in [-0.15, -0.1) is 0 Å². The number of cyclic esters (lactones) is 1. The fourth-order valence-corrected chi connectivity index (χ4v) is 3.91. The summed E-state index contributed by atoms with van der Waals surface area (Å²) in [4.78, 5) is 27.8. The summed E-state index contributed by atoms with van der Waals surface area (Å²) in [5, 5.41) is 0.813. The van der Waals surface area contributed by atoms with E-state index in [0.29, 0.717) is 33.9 Å². The average molecular weight is 413 g/mol. The molecular formula is C24H15NO6. The lowest BCUT2D eigenvalue weighted by molar-refractivity contribution is 0.0245. The minimum absolute atomic E-state index is 0.119. The molecule has 0 aliphatic carbocycles. The Balaban J connectivity index is 1.50. The normalized spacial score (nSPS) is 16.8. The standard InChI is InChI=1S/C24H15NO6/c26-22(21-11-14-5-1-4-8-18(14)30-21)25-17-7-3-2-6-16(17)24(27)31-23(25)15-9-10-19-20(12-15)29-13-28-19/h1-12,23H,13H2/t23-/m0/s1. The molecule has 1 aromatic heterocycles. The number of anilines is 1. The Morgan fingerprint density at radius 1 is 0.903 bits per heavy atom. The highest BCUT2D eigenvalue weighted by atomic mass is 16.7. The lowest BCUT2D eigenvalue weighted by atomic mass is 10.1. The summed E-state index contributed by atoms with van der Waals surface area (Å²) in [6.45, 7) is 0.119. The van der Waals surface area contributed by atoms with Gasteiger partial charge in [-0.3, -0.25) is 9.69 Å². The van der Waals surface area contributed by atoms with Crippen LogP contribution in [0.15, 0.2) is 77.2 Å². The molecular weight excluding hydrogens is 398 g/mol. The fraction of sp³-hybridized carbons (Fsp3) is 0.0833. The number of fused-ring (bicyclic) bond motifs is 3. The van der Waals surface area contributed by atoms with Crippen LogP contribution in [-0.2, 0) is 4.74 Å². The zero-order chi connectivity index (χ0) is 20.9. The summed E-state index contributed by atoms with van der Waals surface area (Å²) < 4.78 is 22.4. The van der Waals surface area contributed by atoms with Crippen molar-refractivity contribution < 1.29 is 28.2 Å². The first-order chi connectivity index (χ1) is 15.2. The molecule has 0 saturated heterocycles. The van der Waals surface area contributed by atoms with Gasteiger partial charge in [0.15, 0.2) is 17.3 Å². The number of carbonyl (C=O) groups is 2. The number of furan rings is 1. The molecule has 2 aliphatic heterocycles. The Hall–Kier alpha value is -4.26. The Kier molecular flexibility index (Phi) is 3.76. The van der Waals surface area contributed by atoms with Gasteiger partial charge >= 0.3 is 5.97 Å². The van der Waals surface area contributed by atoms with Gasteiger partial charge in [0.25, 0.3) is 5.91 Å². The number of esters is 1. The molecule has 31 heavy (non-hydrogen) atoms. The highest BCUT2D eigenvalue weighted by molar-refractivity contribution is 6.11. The van der Waals surface area contributed by atoms with Gasteiger partial charge in [-0.25, -0.2) is 4.79 Å². The first kappa shape index (κ1) is 17.6. The maximum atomic E-state index is 13.6. The number of nitrogens with zero attached hydrogens (tertiary/aromatic N) is 1. The predicted molar refractivity (Wildman–Crippen MR) is 110 cm³/mol. The molecule has 7 nitrogen and oxygen atoms in total. The number of rotatable bonds is 2. The summed E-state index contributed by atoms with van der Waals surface area (Å²) in [5.41, 5.74) is 1.94. The van der Waals surface area contributed by atoms with Crippen molar-refractivity contribution in [1.82, 2.24) is 0 Å². The van der Waals surface area contributed by atoms with E-state index in [9.17, 15) is 9.59 Å². The van der Waals surface area contributed by atoms with E-state index in [2.05, 4.69) is 0 Å². The van der Waals surface area contributed by atoms with E-state index in [4.69, 9.17) is 18.6 Å². The third kappa shape index (κ3) is 2.74. The van der Waals surface area contributed by atoms with Crippen LogP contribution < -0.4 is 14.4 Å². The lowest BCUT2D eigenvalue weighted by Gasteiger charge is -2.35. The highest BCUT2D eigenvalue weighted by Crippen LogP contribution is 2.41. The van der Waals surface area contributed by atoms with Gasteiger partial charge < -0.3 is 18.6 Å². The lowest BCUT2D eigenvalue weighted by Crippen LogP contribution is -2.41. The smallest absolute Gasteiger partial charge is 0.342 e. The minimum atomic E-state index is -0.988. The fourth-order valence-electron chi connectivity index (χ4n) is 3.91. The zero-order valence-corrected chi connectivity index (χ0v) is 16.1. The van der Waals surface area contributed by atoms with Crippen LogP contribution >= 0.6 is 0 Å². The summed E-state index contributed by atoms with van der Waals surface area (Å²) >= 11 is 0. The predicted octanol–water partition coefficient (Wildman–Crippen LogP) is 4.68. The highest BCUT2D eigenvalue weighted by Gasteiger charge is 2.39. The van der Waals surface area contributed by atoms with Crippen LogP contribution in [0.5, 0.6) is 11.5 Å². The van der Waals surface area contributed by atoms with Crippen LogP contribution in [0.3, 0.4) is 0 Å². The molecule has 0 spiro atoms. The van der Waals surface area contributed by atoms with Crippen LogP contribution in [0.1, 0.15) is 32.7 Å². The number of amides is 1. The third-order valence-electron chi connectivity index (χ3n) is 5.37. The largest absolute Gasteiger partial charge is 0.454 e. The van der Waals surface area contributed by atoms with Crippen molar-refractivity contribution in [1.29, 1.82) is 0 Å². The Labute approximate surface area is 176 Å². The molecule has 0 bridgehead atoms. The van der Waals surface area contributed by atoms with Crippen molar-refractivity contribution in [2.75, 3.05) is 11.7 Å². The molecule has 1 atom stereocenters. The van der Waals surface area contributed by atoms with E-state index in [1.54, 1.807) is 54.6 Å². The van der Waals surface area contributed by atoms with Crippen LogP contribution in [0.25, 0.3) is 11.0 Å². The molecule has 2 aliphatic rings. The van der Waals surface area contributed by atoms with E-state index in [1.165, 1.54) is 4.90 Å². The quantitative estimate of drug-likeness (QED) is 0.444. The van der Waals surface area contributed by atoms with Crippen molar-refractivity contribution in [3.63, 3.8) is 0 Å². The van der Waals surface area contributed by atoms with Crippen molar-refractivity contribution in [2.45, 2.75) is 6.23 Å². The van der Waals surface area contributed by atoms with Gasteiger partial charge in [0.05, 0.1) is 11.3 Å². The summed E-state index contributed by atoms with van der Waals surface area (Å²) in [6, 6.07) is 21.1. The molecule has 152 valence electrons. The first-order valence-electron chi connectivity index (χ1n) is 9.71. The van der Waals surface area contributed by atoms with E-state index < -0.39 is 18.1 Å². The summed E-state index contributed by atoms with van der Waals surface area (Å²) in [7, 11) is 0. The number of carbonyl (C=O) groups excluding carboxylic acids is 2. The van der Waals surface area contributed by atoms with E-state index in [1.807, 2.05) is 18.2 Å². The second-order valence-corrected chi connectivity index (χ2v) is 7.21. The Morgan fingerprint density at radius 2 is 1.71 bits per heavy atom. The molecule has 0 N–H and O–H groups in total. The van der Waals surface area contributed by atoms with Crippen LogP contribution in [0.2, 0.25) is 0 Å². The van der Waals surface area contributed by atoms with Crippen LogP contribution in [0, 0.1) is 0 Å². The molecule has 4 aromatic rings. The molecule has 3 aromatic carbocycles. The number of hydrogen-bond donors (Lipinski definition) is 0. The molecule has 0 saturated carbocycles. The molecule has 1 amide bonds. The van der Waals surface area contributed by atoms with Gasteiger partial charge in [-0.2, -0.15) is 0 Å². The van der Waals surface area contributed by atoms with Gasteiger partial charge in [0.2, 0.25) is 13.0 Å². The minimum Gasteiger partial charge on any atom is -0.454 e. The molecule has 7 heteroatoms. The van der Waals surface area contributed by atoms with Crippen molar-refractivity contribution in [3.8, 4) is 11.5 Å². The molecule has 3 heterocycles. The number of hydrogen-bond acceptors (Lipinski definition) is 6. The van der Waals surface area contributed by atoms with Crippen molar-refractivity contribution in [3.05, 3.63) is 89.7 Å². The Morgan fingerprint density at radius 3 is 2.61 bits per heavy atom. The second kappa shape index (κ2) is 6.63. The molecule has 0 fully saturated rings. The first-order valence-corrected chi connectivity index (χ1v) is 9.71. The van der Waals surface area contributed by atoms with Gasteiger partial charge in [0, 0.05) is 10.9 Å². The average Bonchev–Trinajstić information content (AvgIpc) is 3.45. The second-order valence-electron chi connectivity index (χ2n) is 7.21. The maximum absolute atomic E-state index is 13.6. The van der Waals surface area contributed by atoms with Crippen molar-refractivity contribution in [2.24, 2.45) is 0 Å². The molecule has 0 unspecified atom stereocenters.